The molecule has 1 saturated carbocycles. The fourth-order valence-corrected chi connectivity index (χ4v) is 3.03. The summed E-state index contributed by atoms with van der Waals surface area (Å²) in [4.78, 5) is 2.48. The lowest BCUT2D eigenvalue weighted by molar-refractivity contribution is 0.184. The van der Waals surface area contributed by atoms with Crippen LogP contribution in [0.25, 0.3) is 0 Å². The van der Waals surface area contributed by atoms with E-state index in [0.717, 1.165) is 22.7 Å². The van der Waals surface area contributed by atoms with Crippen molar-refractivity contribution in [3.8, 4) is 0 Å². The summed E-state index contributed by atoms with van der Waals surface area (Å²) in [5.74, 6) is 0. The molecule has 0 heterocycles. The van der Waals surface area contributed by atoms with Crippen molar-refractivity contribution >= 4 is 21.6 Å². The van der Waals surface area contributed by atoms with Crippen LogP contribution < -0.4 is 5.73 Å². The molecule has 0 amide bonds. The van der Waals surface area contributed by atoms with Crippen molar-refractivity contribution in [2.45, 2.75) is 44.7 Å². The first-order chi connectivity index (χ1) is 8.16. The van der Waals surface area contributed by atoms with Crippen molar-refractivity contribution in [1.82, 2.24) is 4.90 Å². The Morgan fingerprint density at radius 2 is 2.00 bits per heavy atom. The molecule has 1 fully saturated rings. The van der Waals surface area contributed by atoms with Crippen LogP contribution in [0.1, 0.15) is 37.7 Å². The zero-order valence-corrected chi connectivity index (χ0v) is 12.0. The minimum Gasteiger partial charge on any atom is -0.398 e. The summed E-state index contributed by atoms with van der Waals surface area (Å²) >= 11 is 3.49. The number of benzene rings is 1. The molecule has 1 aromatic rings. The van der Waals surface area contributed by atoms with Crippen LogP contribution in [0.2, 0.25) is 0 Å². The van der Waals surface area contributed by atoms with Gasteiger partial charge < -0.3 is 5.73 Å². The number of anilines is 1. The van der Waals surface area contributed by atoms with Gasteiger partial charge in [0.15, 0.2) is 0 Å². The van der Waals surface area contributed by atoms with E-state index in [9.17, 15) is 0 Å². The highest BCUT2D eigenvalue weighted by molar-refractivity contribution is 9.10. The number of hydrogen-bond donors (Lipinski definition) is 1. The van der Waals surface area contributed by atoms with Gasteiger partial charge in [0.05, 0.1) is 0 Å². The van der Waals surface area contributed by atoms with E-state index in [1.165, 1.54) is 37.7 Å². The van der Waals surface area contributed by atoms with Gasteiger partial charge in [-0.1, -0.05) is 25.3 Å². The molecule has 3 heteroatoms. The van der Waals surface area contributed by atoms with E-state index in [4.69, 9.17) is 5.73 Å². The van der Waals surface area contributed by atoms with E-state index in [1.807, 2.05) is 6.07 Å². The molecule has 1 aliphatic carbocycles. The third-order valence-corrected chi connectivity index (χ3v) is 4.38. The lowest BCUT2D eigenvalue weighted by Gasteiger charge is -2.31. The summed E-state index contributed by atoms with van der Waals surface area (Å²) in [6, 6.07) is 7.00. The second kappa shape index (κ2) is 5.87. The van der Waals surface area contributed by atoms with Gasteiger partial charge in [-0.15, -0.1) is 0 Å². The molecule has 2 nitrogen and oxygen atoms in total. The number of halogens is 1. The Morgan fingerprint density at radius 1 is 1.29 bits per heavy atom. The maximum atomic E-state index is 5.80. The second-order valence-corrected chi connectivity index (χ2v) is 5.92. The topological polar surface area (TPSA) is 29.3 Å². The van der Waals surface area contributed by atoms with Crippen LogP contribution in [-0.2, 0) is 6.54 Å². The number of nitrogen functional groups attached to an aromatic ring is 1. The quantitative estimate of drug-likeness (QED) is 0.860. The van der Waals surface area contributed by atoms with Gasteiger partial charge in [-0.3, -0.25) is 4.90 Å². The van der Waals surface area contributed by atoms with Crippen LogP contribution >= 0.6 is 15.9 Å². The van der Waals surface area contributed by atoms with Crippen LogP contribution in [0.3, 0.4) is 0 Å². The predicted molar refractivity (Wildman–Crippen MR) is 76.9 cm³/mol. The van der Waals surface area contributed by atoms with Crippen molar-refractivity contribution < 1.29 is 0 Å². The van der Waals surface area contributed by atoms with Crippen LogP contribution in [0.5, 0.6) is 0 Å². The van der Waals surface area contributed by atoms with Crippen molar-refractivity contribution in [2.75, 3.05) is 12.8 Å². The van der Waals surface area contributed by atoms with Gasteiger partial charge in [-0.25, -0.2) is 0 Å². The summed E-state index contributed by atoms with van der Waals surface area (Å²) in [6.45, 7) is 1.02. The van der Waals surface area contributed by atoms with Crippen LogP contribution in [0.4, 0.5) is 5.69 Å². The second-order valence-electron chi connectivity index (χ2n) is 5.06. The Kier molecular flexibility index (Phi) is 4.46. The highest BCUT2D eigenvalue weighted by Gasteiger charge is 2.17. The molecule has 0 atom stereocenters. The summed E-state index contributed by atoms with van der Waals surface area (Å²) < 4.78 is 1.01. The third-order valence-electron chi connectivity index (χ3n) is 3.69. The molecule has 1 aliphatic rings. The standard InChI is InChI=1S/C14H21BrN2/c1-17(12-5-3-2-4-6-12)10-11-7-8-14(16)13(15)9-11/h7-9,12H,2-6,10,16H2,1H3. The van der Waals surface area contributed by atoms with E-state index in [-0.39, 0.29) is 0 Å². The summed E-state index contributed by atoms with van der Waals surface area (Å²) in [5, 5.41) is 0. The van der Waals surface area contributed by atoms with Crippen molar-refractivity contribution in [3.63, 3.8) is 0 Å². The van der Waals surface area contributed by atoms with Crippen LogP contribution in [-0.4, -0.2) is 18.0 Å². The summed E-state index contributed by atoms with van der Waals surface area (Å²) in [6.07, 6.45) is 6.90. The van der Waals surface area contributed by atoms with E-state index < -0.39 is 0 Å². The van der Waals surface area contributed by atoms with Gasteiger partial charge >= 0.3 is 0 Å². The largest absolute Gasteiger partial charge is 0.398 e. The number of nitrogens with two attached hydrogens (primary N) is 1. The number of nitrogens with zero attached hydrogens (tertiary/aromatic N) is 1. The molecule has 1 aromatic carbocycles. The molecular weight excluding hydrogens is 276 g/mol. The Hall–Kier alpha value is -0.540. The zero-order chi connectivity index (χ0) is 12.3. The minimum absolute atomic E-state index is 0.764. The Bertz CT molecular complexity index is 372. The van der Waals surface area contributed by atoms with Gasteiger partial charge in [-0.05, 0) is 53.5 Å². The normalized spacial score (nSPS) is 17.6. The van der Waals surface area contributed by atoms with E-state index in [0.29, 0.717) is 0 Å². The maximum absolute atomic E-state index is 5.80. The van der Waals surface area contributed by atoms with Crippen molar-refractivity contribution in [3.05, 3.63) is 28.2 Å². The van der Waals surface area contributed by atoms with Crippen molar-refractivity contribution in [2.24, 2.45) is 0 Å². The molecular formula is C14H21BrN2. The molecule has 2 N–H and O–H groups in total. The first-order valence-electron chi connectivity index (χ1n) is 6.41. The van der Waals surface area contributed by atoms with Gasteiger partial charge in [0.25, 0.3) is 0 Å². The third kappa shape index (κ3) is 3.46. The van der Waals surface area contributed by atoms with Gasteiger partial charge in [0.2, 0.25) is 0 Å². The van der Waals surface area contributed by atoms with Crippen LogP contribution in [0, 0.1) is 0 Å². The first-order valence-corrected chi connectivity index (χ1v) is 7.20. The fourth-order valence-electron chi connectivity index (χ4n) is 2.61. The first kappa shape index (κ1) is 12.9. The molecule has 0 aromatic heterocycles. The Labute approximate surface area is 112 Å². The number of hydrogen-bond acceptors (Lipinski definition) is 2. The van der Waals surface area contributed by atoms with E-state index in [1.54, 1.807) is 0 Å². The zero-order valence-electron chi connectivity index (χ0n) is 10.5. The molecule has 0 unspecified atom stereocenters. The predicted octanol–water partition coefficient (Wildman–Crippen LogP) is 3.80. The van der Waals surface area contributed by atoms with E-state index >= 15 is 0 Å². The van der Waals surface area contributed by atoms with Gasteiger partial charge in [-0.2, -0.15) is 0 Å². The molecule has 0 aliphatic heterocycles. The fraction of sp³-hybridized carbons (Fsp3) is 0.571. The lowest BCUT2D eigenvalue weighted by Crippen LogP contribution is -2.32. The summed E-state index contributed by atoms with van der Waals surface area (Å²) in [5.41, 5.74) is 7.95. The molecule has 17 heavy (non-hydrogen) atoms. The Balaban J connectivity index is 1.96. The number of rotatable bonds is 3. The van der Waals surface area contributed by atoms with Crippen molar-refractivity contribution in [1.29, 1.82) is 0 Å². The molecule has 0 spiro atoms. The SMILES string of the molecule is CN(Cc1ccc(N)c(Br)c1)C1CCCCC1. The van der Waals surface area contributed by atoms with E-state index in [2.05, 4.69) is 40.0 Å². The molecule has 94 valence electrons. The lowest BCUT2D eigenvalue weighted by atomic mass is 9.94. The Morgan fingerprint density at radius 3 is 2.65 bits per heavy atom. The molecule has 0 radical (unpaired) electrons. The minimum atomic E-state index is 0.764. The molecule has 0 saturated heterocycles. The maximum Gasteiger partial charge on any atom is 0.0458 e. The average molecular weight is 297 g/mol. The van der Waals surface area contributed by atoms with Gasteiger partial charge in [0, 0.05) is 22.7 Å². The molecule has 0 bridgehead atoms. The summed E-state index contributed by atoms with van der Waals surface area (Å²) in [7, 11) is 2.24. The monoisotopic (exact) mass is 296 g/mol. The highest BCUT2D eigenvalue weighted by atomic mass is 79.9. The van der Waals surface area contributed by atoms with Crippen LogP contribution in [0.15, 0.2) is 22.7 Å². The average Bonchev–Trinajstić information content (AvgIpc) is 2.35. The van der Waals surface area contributed by atoms with Gasteiger partial charge in [0.1, 0.15) is 0 Å². The highest BCUT2D eigenvalue weighted by Crippen LogP contribution is 2.25. The smallest absolute Gasteiger partial charge is 0.0458 e. The molecule has 2 rings (SSSR count).